The van der Waals surface area contributed by atoms with Crippen molar-refractivity contribution in [2.45, 2.75) is 20.3 Å². The Morgan fingerprint density at radius 1 is 1.23 bits per heavy atom. The van der Waals surface area contributed by atoms with Crippen LogP contribution in [0.1, 0.15) is 29.8 Å². The number of halogens is 1. The number of ether oxygens (including phenoxy) is 2. The van der Waals surface area contributed by atoms with Crippen molar-refractivity contribution in [3.05, 3.63) is 71.0 Å². The maximum atomic E-state index is 12.6. The van der Waals surface area contributed by atoms with Crippen molar-refractivity contribution in [3.8, 4) is 17.2 Å². The SMILES string of the molecule is COc1cc(C(=O)NCCc2ccc(-n3cccn3)cc2)cc(Cl)c1OCC(C)C. The van der Waals surface area contributed by atoms with Gasteiger partial charge in [-0.3, -0.25) is 4.79 Å². The number of hydrogen-bond donors (Lipinski definition) is 1. The van der Waals surface area contributed by atoms with E-state index in [4.69, 9.17) is 21.1 Å². The quantitative estimate of drug-likeness (QED) is 0.544. The fourth-order valence-corrected chi connectivity index (χ4v) is 3.17. The maximum Gasteiger partial charge on any atom is 0.251 e. The van der Waals surface area contributed by atoms with Crippen LogP contribution in [0.3, 0.4) is 0 Å². The molecule has 0 atom stereocenters. The molecule has 0 aliphatic carbocycles. The first kappa shape index (κ1) is 21.7. The summed E-state index contributed by atoms with van der Waals surface area (Å²) in [7, 11) is 1.53. The van der Waals surface area contributed by atoms with E-state index < -0.39 is 0 Å². The summed E-state index contributed by atoms with van der Waals surface area (Å²) in [5, 5.41) is 7.49. The van der Waals surface area contributed by atoms with Crippen LogP contribution in [0, 0.1) is 5.92 Å². The highest BCUT2D eigenvalue weighted by molar-refractivity contribution is 6.32. The van der Waals surface area contributed by atoms with Crippen molar-refractivity contribution in [3.63, 3.8) is 0 Å². The molecule has 1 heterocycles. The van der Waals surface area contributed by atoms with Gasteiger partial charge < -0.3 is 14.8 Å². The van der Waals surface area contributed by atoms with Gasteiger partial charge in [-0.1, -0.05) is 37.6 Å². The number of aromatic nitrogens is 2. The van der Waals surface area contributed by atoms with Gasteiger partial charge >= 0.3 is 0 Å². The molecule has 0 spiro atoms. The minimum Gasteiger partial charge on any atom is -0.493 e. The van der Waals surface area contributed by atoms with E-state index in [1.165, 1.54) is 7.11 Å². The number of benzene rings is 2. The molecule has 1 N–H and O–H groups in total. The lowest BCUT2D eigenvalue weighted by atomic mass is 10.1. The van der Waals surface area contributed by atoms with Gasteiger partial charge in [-0.15, -0.1) is 0 Å². The third kappa shape index (κ3) is 5.54. The van der Waals surface area contributed by atoms with Crippen LogP contribution in [-0.2, 0) is 6.42 Å². The predicted octanol–water partition coefficient (Wildman–Crippen LogP) is 4.54. The van der Waals surface area contributed by atoms with Gasteiger partial charge in [0.15, 0.2) is 11.5 Å². The van der Waals surface area contributed by atoms with Crippen molar-refractivity contribution in [2.75, 3.05) is 20.3 Å². The fourth-order valence-electron chi connectivity index (χ4n) is 2.90. The van der Waals surface area contributed by atoms with Crippen LogP contribution < -0.4 is 14.8 Å². The first-order valence-electron chi connectivity index (χ1n) is 9.85. The lowest BCUT2D eigenvalue weighted by Gasteiger charge is -2.15. The average molecular weight is 428 g/mol. The summed E-state index contributed by atoms with van der Waals surface area (Å²) in [4.78, 5) is 12.6. The standard InChI is InChI=1S/C23H26ClN3O3/c1-16(2)15-30-22-20(24)13-18(14-21(22)29-3)23(28)25-11-9-17-5-7-19(8-6-17)27-12-4-10-26-27/h4-8,10,12-14,16H,9,11,15H2,1-3H3,(H,25,28). The smallest absolute Gasteiger partial charge is 0.251 e. The van der Waals surface area contributed by atoms with Gasteiger partial charge in [0.1, 0.15) is 0 Å². The highest BCUT2D eigenvalue weighted by Crippen LogP contribution is 2.36. The lowest BCUT2D eigenvalue weighted by Crippen LogP contribution is -2.25. The summed E-state index contributed by atoms with van der Waals surface area (Å²) >= 11 is 6.34. The van der Waals surface area contributed by atoms with E-state index in [1.807, 2.05) is 50.4 Å². The van der Waals surface area contributed by atoms with E-state index >= 15 is 0 Å². The molecule has 0 radical (unpaired) electrons. The van der Waals surface area contributed by atoms with Crippen LogP contribution in [0.5, 0.6) is 11.5 Å². The van der Waals surface area contributed by atoms with Gasteiger partial charge in [-0.25, -0.2) is 4.68 Å². The second-order valence-corrected chi connectivity index (χ2v) is 7.72. The molecule has 0 bridgehead atoms. The van der Waals surface area contributed by atoms with E-state index in [9.17, 15) is 4.79 Å². The van der Waals surface area contributed by atoms with Gasteiger partial charge in [0.25, 0.3) is 5.91 Å². The topological polar surface area (TPSA) is 65.4 Å². The zero-order chi connectivity index (χ0) is 21.5. The van der Waals surface area contributed by atoms with E-state index in [0.717, 1.165) is 11.3 Å². The molecule has 6 nitrogen and oxygen atoms in total. The molecule has 1 amide bonds. The van der Waals surface area contributed by atoms with Gasteiger partial charge in [0, 0.05) is 24.5 Å². The van der Waals surface area contributed by atoms with Gasteiger partial charge in [-0.2, -0.15) is 5.10 Å². The maximum absolute atomic E-state index is 12.6. The first-order chi connectivity index (χ1) is 14.5. The number of carbonyl (C=O) groups excluding carboxylic acids is 1. The predicted molar refractivity (Wildman–Crippen MR) is 118 cm³/mol. The minimum absolute atomic E-state index is 0.209. The van der Waals surface area contributed by atoms with Crippen molar-refractivity contribution >= 4 is 17.5 Å². The van der Waals surface area contributed by atoms with Crippen LogP contribution in [0.2, 0.25) is 5.02 Å². The van der Waals surface area contributed by atoms with Crippen molar-refractivity contribution in [1.29, 1.82) is 0 Å². The molecule has 3 aromatic rings. The molecule has 0 fully saturated rings. The number of nitrogens with one attached hydrogen (secondary N) is 1. The number of nitrogens with zero attached hydrogens (tertiary/aromatic N) is 2. The summed E-state index contributed by atoms with van der Waals surface area (Å²) in [5.41, 5.74) is 2.55. The zero-order valence-corrected chi connectivity index (χ0v) is 18.1. The Kier molecular flexibility index (Phi) is 7.36. The molecule has 1 aromatic heterocycles. The third-order valence-electron chi connectivity index (χ3n) is 4.46. The lowest BCUT2D eigenvalue weighted by molar-refractivity contribution is 0.0953. The average Bonchev–Trinajstić information content (AvgIpc) is 3.27. The third-order valence-corrected chi connectivity index (χ3v) is 4.74. The van der Waals surface area contributed by atoms with Crippen molar-refractivity contribution in [1.82, 2.24) is 15.1 Å². The van der Waals surface area contributed by atoms with Crippen LogP contribution in [0.15, 0.2) is 54.9 Å². The Morgan fingerprint density at radius 3 is 2.63 bits per heavy atom. The van der Waals surface area contributed by atoms with E-state index in [1.54, 1.807) is 23.0 Å². The highest BCUT2D eigenvalue weighted by atomic mass is 35.5. The van der Waals surface area contributed by atoms with E-state index in [-0.39, 0.29) is 5.91 Å². The number of amides is 1. The first-order valence-corrected chi connectivity index (χ1v) is 10.2. The van der Waals surface area contributed by atoms with Crippen LogP contribution in [-0.4, -0.2) is 35.9 Å². The molecule has 30 heavy (non-hydrogen) atoms. The monoisotopic (exact) mass is 427 g/mol. The normalized spacial score (nSPS) is 10.8. The minimum atomic E-state index is -0.209. The fraction of sp³-hybridized carbons (Fsp3) is 0.304. The largest absolute Gasteiger partial charge is 0.493 e. The molecule has 2 aromatic carbocycles. The number of carbonyl (C=O) groups is 1. The summed E-state index contributed by atoms with van der Waals surface area (Å²) in [5.74, 6) is 1.05. The highest BCUT2D eigenvalue weighted by Gasteiger charge is 2.16. The molecule has 0 aliphatic heterocycles. The van der Waals surface area contributed by atoms with Crippen LogP contribution >= 0.6 is 11.6 Å². The summed E-state index contributed by atoms with van der Waals surface area (Å²) in [6, 6.07) is 13.2. The molecular weight excluding hydrogens is 402 g/mol. The number of methoxy groups -OCH3 is 1. The molecule has 0 saturated heterocycles. The van der Waals surface area contributed by atoms with E-state index in [2.05, 4.69) is 10.4 Å². The summed E-state index contributed by atoms with van der Waals surface area (Å²) < 4.78 is 12.9. The Bertz CT molecular complexity index is 970. The number of hydrogen-bond acceptors (Lipinski definition) is 4. The van der Waals surface area contributed by atoms with Crippen molar-refractivity contribution < 1.29 is 14.3 Å². The molecule has 0 unspecified atom stereocenters. The second kappa shape index (κ2) is 10.2. The van der Waals surface area contributed by atoms with Crippen molar-refractivity contribution in [2.24, 2.45) is 5.92 Å². The van der Waals surface area contributed by atoms with Crippen LogP contribution in [0.25, 0.3) is 5.69 Å². The Morgan fingerprint density at radius 2 is 2.00 bits per heavy atom. The Balaban J connectivity index is 1.58. The molecule has 158 valence electrons. The molecule has 0 saturated carbocycles. The van der Waals surface area contributed by atoms with Gasteiger partial charge in [0.05, 0.1) is 24.4 Å². The van der Waals surface area contributed by atoms with Gasteiger partial charge in [0.2, 0.25) is 0 Å². The summed E-state index contributed by atoms with van der Waals surface area (Å²) in [6.07, 6.45) is 4.35. The van der Waals surface area contributed by atoms with Crippen LogP contribution in [0.4, 0.5) is 0 Å². The number of rotatable bonds is 9. The van der Waals surface area contributed by atoms with E-state index in [0.29, 0.717) is 47.6 Å². The van der Waals surface area contributed by atoms with Gasteiger partial charge in [-0.05, 0) is 48.2 Å². The molecule has 7 heteroatoms. The summed E-state index contributed by atoms with van der Waals surface area (Å²) in [6.45, 7) is 5.12. The second-order valence-electron chi connectivity index (χ2n) is 7.32. The Hall–Kier alpha value is -2.99. The molecular formula is C23H26ClN3O3. The molecule has 0 aliphatic rings. The zero-order valence-electron chi connectivity index (χ0n) is 17.4. The molecule has 3 rings (SSSR count). The Labute approximate surface area is 181 Å².